The van der Waals surface area contributed by atoms with Gasteiger partial charge in [0, 0.05) is 25.3 Å². The van der Waals surface area contributed by atoms with E-state index in [1.165, 1.54) is 11.3 Å². The number of para-hydroxylation sites is 1. The van der Waals surface area contributed by atoms with Crippen LogP contribution in [-0.2, 0) is 11.2 Å². The number of benzene rings is 1. The molecule has 1 aromatic carbocycles. The topological polar surface area (TPSA) is 58.4 Å². The summed E-state index contributed by atoms with van der Waals surface area (Å²) in [6.07, 6.45) is 2.82. The molecule has 0 fully saturated rings. The van der Waals surface area contributed by atoms with Gasteiger partial charge in [-0.2, -0.15) is 0 Å². The van der Waals surface area contributed by atoms with Crippen LogP contribution in [0.15, 0.2) is 24.3 Å². The lowest BCUT2D eigenvalue weighted by molar-refractivity contribution is -0.122. The summed E-state index contributed by atoms with van der Waals surface area (Å²) in [5.74, 6) is 0.428. The van der Waals surface area contributed by atoms with Gasteiger partial charge in [-0.05, 0) is 36.8 Å². The minimum absolute atomic E-state index is 0.0227. The number of nitrogens with two attached hydrogens (primary N) is 1. The molecule has 2 rings (SSSR count). The molecule has 0 radical (unpaired) electrons. The highest BCUT2D eigenvalue weighted by atomic mass is 16.2. The highest BCUT2D eigenvalue weighted by Crippen LogP contribution is 2.27. The van der Waals surface area contributed by atoms with Crippen molar-refractivity contribution in [1.82, 2.24) is 5.32 Å². The smallest absolute Gasteiger partial charge is 0.236 e. The highest BCUT2D eigenvalue weighted by Gasteiger charge is 2.18. The van der Waals surface area contributed by atoms with E-state index in [0.717, 1.165) is 32.4 Å². The third kappa shape index (κ3) is 4.46. The third-order valence-electron chi connectivity index (χ3n) is 3.95. The fourth-order valence-electron chi connectivity index (χ4n) is 2.87. The Bertz CT molecular complexity index is 473. The van der Waals surface area contributed by atoms with E-state index < -0.39 is 0 Å². The number of carbonyl (C=O) groups excluding carboxylic acids is 1. The average Bonchev–Trinajstić information content (AvgIpc) is 2.86. The number of anilines is 1. The van der Waals surface area contributed by atoms with E-state index in [1.54, 1.807) is 0 Å². The molecule has 0 bridgehead atoms. The van der Waals surface area contributed by atoms with Crippen molar-refractivity contribution in [2.75, 3.05) is 24.5 Å². The summed E-state index contributed by atoms with van der Waals surface area (Å²) in [4.78, 5) is 14.2. The molecule has 1 heterocycles. The minimum Gasteiger partial charge on any atom is -0.371 e. The highest BCUT2D eigenvalue weighted by molar-refractivity contribution is 5.81. The second-order valence-corrected chi connectivity index (χ2v) is 6.25. The SMILES string of the molecule is CC(C)CC(N)C(=O)NCCCN1CCc2ccccc21. The van der Waals surface area contributed by atoms with Gasteiger partial charge in [0.25, 0.3) is 0 Å². The number of carbonyl (C=O) groups is 1. The van der Waals surface area contributed by atoms with Crippen LogP contribution >= 0.6 is 0 Å². The number of hydrogen-bond donors (Lipinski definition) is 2. The van der Waals surface area contributed by atoms with Crippen molar-refractivity contribution in [1.29, 1.82) is 0 Å². The number of nitrogens with one attached hydrogen (secondary N) is 1. The first-order valence-electron chi connectivity index (χ1n) is 7.94. The van der Waals surface area contributed by atoms with Crippen LogP contribution in [0.3, 0.4) is 0 Å². The monoisotopic (exact) mass is 289 g/mol. The zero-order valence-corrected chi connectivity index (χ0v) is 13.1. The maximum Gasteiger partial charge on any atom is 0.236 e. The van der Waals surface area contributed by atoms with Crippen LogP contribution in [0.25, 0.3) is 0 Å². The number of hydrogen-bond acceptors (Lipinski definition) is 3. The maximum atomic E-state index is 11.8. The average molecular weight is 289 g/mol. The van der Waals surface area contributed by atoms with Crippen molar-refractivity contribution >= 4 is 11.6 Å². The molecule has 0 saturated carbocycles. The molecule has 1 atom stereocenters. The lowest BCUT2D eigenvalue weighted by atomic mass is 10.0. The van der Waals surface area contributed by atoms with Gasteiger partial charge in [-0.15, -0.1) is 0 Å². The van der Waals surface area contributed by atoms with E-state index in [-0.39, 0.29) is 11.9 Å². The quantitative estimate of drug-likeness (QED) is 0.754. The lowest BCUT2D eigenvalue weighted by Crippen LogP contribution is -2.42. The van der Waals surface area contributed by atoms with Crippen LogP contribution < -0.4 is 16.0 Å². The molecule has 3 N–H and O–H groups in total. The molecule has 1 amide bonds. The van der Waals surface area contributed by atoms with Crippen LogP contribution in [-0.4, -0.2) is 31.6 Å². The fraction of sp³-hybridized carbons (Fsp3) is 0.588. The van der Waals surface area contributed by atoms with Gasteiger partial charge < -0.3 is 16.0 Å². The molecular weight excluding hydrogens is 262 g/mol. The first-order valence-corrected chi connectivity index (χ1v) is 7.94. The Morgan fingerprint density at radius 3 is 2.90 bits per heavy atom. The standard InChI is InChI=1S/C17H27N3O/c1-13(2)12-15(18)17(21)19-9-5-10-20-11-8-14-6-3-4-7-16(14)20/h3-4,6-7,13,15H,5,8-12,18H2,1-2H3,(H,19,21). The summed E-state index contributed by atoms with van der Waals surface area (Å²) in [7, 11) is 0. The van der Waals surface area contributed by atoms with E-state index in [0.29, 0.717) is 12.5 Å². The van der Waals surface area contributed by atoms with Crippen LogP contribution in [0.2, 0.25) is 0 Å². The Morgan fingerprint density at radius 2 is 2.14 bits per heavy atom. The number of nitrogens with zero attached hydrogens (tertiary/aromatic N) is 1. The molecule has 0 aromatic heterocycles. The van der Waals surface area contributed by atoms with Crippen molar-refractivity contribution in [2.45, 2.75) is 39.2 Å². The Balaban J connectivity index is 1.68. The zero-order valence-electron chi connectivity index (χ0n) is 13.1. The predicted octanol–water partition coefficient (Wildman–Crippen LogP) is 1.93. The van der Waals surface area contributed by atoms with Gasteiger partial charge in [0.1, 0.15) is 0 Å². The van der Waals surface area contributed by atoms with Gasteiger partial charge in [0.15, 0.2) is 0 Å². The first kappa shape index (κ1) is 15.8. The van der Waals surface area contributed by atoms with E-state index in [1.807, 2.05) is 0 Å². The van der Waals surface area contributed by atoms with E-state index in [4.69, 9.17) is 5.73 Å². The van der Waals surface area contributed by atoms with Crippen LogP contribution in [0.4, 0.5) is 5.69 Å². The van der Waals surface area contributed by atoms with Gasteiger partial charge in [0.2, 0.25) is 5.91 Å². The largest absolute Gasteiger partial charge is 0.371 e. The molecule has 0 saturated heterocycles. The Hall–Kier alpha value is -1.55. The molecule has 4 heteroatoms. The van der Waals surface area contributed by atoms with E-state index in [9.17, 15) is 4.79 Å². The molecule has 116 valence electrons. The van der Waals surface area contributed by atoms with E-state index in [2.05, 4.69) is 48.3 Å². The normalized spacial score (nSPS) is 15.1. The summed E-state index contributed by atoms with van der Waals surface area (Å²) in [6.45, 7) is 6.93. The Kier molecular flexibility index (Phi) is 5.62. The summed E-state index contributed by atoms with van der Waals surface area (Å²) in [5, 5.41) is 2.95. The molecule has 0 spiro atoms. The van der Waals surface area contributed by atoms with E-state index >= 15 is 0 Å². The third-order valence-corrected chi connectivity index (χ3v) is 3.95. The minimum atomic E-state index is -0.377. The molecule has 1 aromatic rings. The Labute approximate surface area is 127 Å². The summed E-state index contributed by atoms with van der Waals surface area (Å²) >= 11 is 0. The van der Waals surface area contributed by atoms with Crippen LogP contribution in [0.1, 0.15) is 32.3 Å². The van der Waals surface area contributed by atoms with Crippen molar-refractivity contribution in [3.63, 3.8) is 0 Å². The molecule has 0 aliphatic carbocycles. The predicted molar refractivity (Wildman–Crippen MR) is 87.4 cm³/mol. The van der Waals surface area contributed by atoms with Crippen molar-refractivity contribution in [2.24, 2.45) is 11.7 Å². The molecule has 1 aliphatic rings. The van der Waals surface area contributed by atoms with Gasteiger partial charge in [-0.1, -0.05) is 32.0 Å². The van der Waals surface area contributed by atoms with Gasteiger partial charge in [-0.3, -0.25) is 4.79 Å². The first-order chi connectivity index (χ1) is 10.1. The van der Waals surface area contributed by atoms with Crippen molar-refractivity contribution < 1.29 is 4.79 Å². The maximum absolute atomic E-state index is 11.8. The molecule has 4 nitrogen and oxygen atoms in total. The summed E-state index contributed by atoms with van der Waals surface area (Å²) in [5.41, 5.74) is 8.64. The van der Waals surface area contributed by atoms with Crippen molar-refractivity contribution in [3.8, 4) is 0 Å². The number of fused-ring (bicyclic) bond motifs is 1. The van der Waals surface area contributed by atoms with Gasteiger partial charge in [0.05, 0.1) is 6.04 Å². The number of amides is 1. The zero-order chi connectivity index (χ0) is 15.2. The lowest BCUT2D eigenvalue weighted by Gasteiger charge is -2.20. The summed E-state index contributed by atoms with van der Waals surface area (Å²) in [6, 6.07) is 8.18. The van der Waals surface area contributed by atoms with Crippen LogP contribution in [0.5, 0.6) is 0 Å². The second-order valence-electron chi connectivity index (χ2n) is 6.25. The van der Waals surface area contributed by atoms with Crippen molar-refractivity contribution in [3.05, 3.63) is 29.8 Å². The molecule has 21 heavy (non-hydrogen) atoms. The summed E-state index contributed by atoms with van der Waals surface area (Å²) < 4.78 is 0. The Morgan fingerprint density at radius 1 is 1.38 bits per heavy atom. The molecular formula is C17H27N3O. The van der Waals surface area contributed by atoms with Gasteiger partial charge in [-0.25, -0.2) is 0 Å². The molecule has 1 aliphatic heterocycles. The molecule has 1 unspecified atom stereocenters. The fourth-order valence-corrected chi connectivity index (χ4v) is 2.87. The second kappa shape index (κ2) is 7.46. The number of rotatable bonds is 7. The van der Waals surface area contributed by atoms with Crippen LogP contribution in [0, 0.1) is 5.92 Å². The van der Waals surface area contributed by atoms with Gasteiger partial charge >= 0.3 is 0 Å².